The summed E-state index contributed by atoms with van der Waals surface area (Å²) < 4.78 is 3.76. The van der Waals surface area contributed by atoms with E-state index in [4.69, 9.17) is 0 Å². The van der Waals surface area contributed by atoms with Gasteiger partial charge in [-0.3, -0.25) is 9.13 Å². The second kappa shape index (κ2) is 6.24. The highest BCUT2D eigenvalue weighted by Gasteiger charge is 2.27. The lowest BCUT2D eigenvalue weighted by molar-refractivity contribution is 0.301. The molecule has 3 rings (SSSR count). The van der Waals surface area contributed by atoms with E-state index >= 15 is 0 Å². The van der Waals surface area contributed by atoms with Crippen LogP contribution in [0.5, 0.6) is 0 Å². The first kappa shape index (κ1) is 15.3. The Bertz CT molecular complexity index is 700. The fraction of sp³-hybridized carbons (Fsp3) is 0.647. The number of imidazole rings is 1. The van der Waals surface area contributed by atoms with Crippen LogP contribution in [-0.2, 0) is 6.54 Å². The molecule has 1 fully saturated rings. The van der Waals surface area contributed by atoms with Gasteiger partial charge in [-0.2, -0.15) is 0 Å². The predicted octanol–water partition coefficient (Wildman–Crippen LogP) is 2.51. The number of pyridine rings is 1. The average Bonchev–Trinajstić information content (AvgIpc) is 3.06. The highest BCUT2D eigenvalue weighted by molar-refractivity contribution is 5.71. The van der Waals surface area contributed by atoms with Gasteiger partial charge in [-0.25, -0.2) is 9.78 Å². The third-order valence-corrected chi connectivity index (χ3v) is 4.67. The van der Waals surface area contributed by atoms with E-state index in [0.29, 0.717) is 6.54 Å². The lowest BCUT2D eigenvalue weighted by atomic mass is 10.1. The number of nitrogens with zero attached hydrogens (tertiary/aromatic N) is 4. The molecule has 0 aromatic carbocycles. The maximum atomic E-state index is 12.7. The van der Waals surface area contributed by atoms with Gasteiger partial charge in [-0.1, -0.05) is 13.8 Å². The normalized spacial score (nSPS) is 19.5. The van der Waals surface area contributed by atoms with Crippen LogP contribution < -0.4 is 5.69 Å². The highest BCUT2D eigenvalue weighted by Crippen LogP contribution is 2.24. The summed E-state index contributed by atoms with van der Waals surface area (Å²) in [7, 11) is 0. The zero-order valence-corrected chi connectivity index (χ0v) is 13.8. The lowest BCUT2D eigenvalue weighted by Gasteiger charge is -2.17. The minimum atomic E-state index is 0.0897. The smallest absolute Gasteiger partial charge is 0.301 e. The van der Waals surface area contributed by atoms with E-state index < -0.39 is 0 Å². The summed E-state index contributed by atoms with van der Waals surface area (Å²) in [4.78, 5) is 19.7. The molecule has 0 spiro atoms. The van der Waals surface area contributed by atoms with Crippen molar-refractivity contribution in [3.8, 4) is 0 Å². The van der Waals surface area contributed by atoms with E-state index in [1.807, 2.05) is 28.2 Å². The molecule has 1 aliphatic heterocycles. The molecule has 1 saturated heterocycles. The number of likely N-dealkylation sites (tertiary alicyclic amines) is 1. The van der Waals surface area contributed by atoms with Gasteiger partial charge in [0.05, 0.1) is 11.6 Å². The first-order valence-corrected chi connectivity index (χ1v) is 8.40. The first-order valence-electron chi connectivity index (χ1n) is 8.40. The Hall–Kier alpha value is -1.62. The molecule has 0 radical (unpaired) electrons. The van der Waals surface area contributed by atoms with Crippen molar-refractivity contribution < 1.29 is 0 Å². The van der Waals surface area contributed by atoms with Crippen molar-refractivity contribution in [3.05, 3.63) is 28.8 Å². The summed E-state index contributed by atoms with van der Waals surface area (Å²) >= 11 is 0. The van der Waals surface area contributed by atoms with Crippen LogP contribution in [0.4, 0.5) is 0 Å². The van der Waals surface area contributed by atoms with Crippen LogP contribution in [0.1, 0.15) is 39.7 Å². The van der Waals surface area contributed by atoms with Gasteiger partial charge in [-0.05, 0) is 44.4 Å². The van der Waals surface area contributed by atoms with E-state index in [9.17, 15) is 4.79 Å². The fourth-order valence-electron chi connectivity index (χ4n) is 3.41. The van der Waals surface area contributed by atoms with Crippen molar-refractivity contribution in [2.45, 2.75) is 46.2 Å². The maximum Gasteiger partial charge on any atom is 0.330 e. The molecule has 5 nitrogen and oxygen atoms in total. The molecule has 0 bridgehead atoms. The molecule has 0 amide bonds. The van der Waals surface area contributed by atoms with Crippen LogP contribution in [0.25, 0.3) is 11.2 Å². The topological polar surface area (TPSA) is 43.1 Å². The van der Waals surface area contributed by atoms with Crippen LogP contribution in [-0.4, -0.2) is 38.7 Å². The molecule has 5 heteroatoms. The van der Waals surface area contributed by atoms with Gasteiger partial charge >= 0.3 is 5.69 Å². The molecular formula is C17H26N4O. The number of hydrogen-bond acceptors (Lipinski definition) is 3. The summed E-state index contributed by atoms with van der Waals surface area (Å²) in [5, 5.41) is 0. The molecule has 120 valence electrons. The minimum Gasteiger partial charge on any atom is -0.301 e. The summed E-state index contributed by atoms with van der Waals surface area (Å²) in [6, 6.07) is 4.15. The van der Waals surface area contributed by atoms with E-state index in [0.717, 1.165) is 43.1 Å². The van der Waals surface area contributed by atoms with Crippen molar-refractivity contribution in [1.82, 2.24) is 19.0 Å². The lowest BCUT2D eigenvalue weighted by Crippen LogP contribution is -2.30. The monoisotopic (exact) mass is 302 g/mol. The molecule has 0 aliphatic carbocycles. The molecule has 0 N–H and O–H groups in total. The van der Waals surface area contributed by atoms with Crippen molar-refractivity contribution in [2.75, 3.05) is 19.6 Å². The molecule has 22 heavy (non-hydrogen) atoms. The molecule has 0 saturated carbocycles. The fourth-order valence-corrected chi connectivity index (χ4v) is 3.41. The van der Waals surface area contributed by atoms with Crippen molar-refractivity contribution in [1.29, 1.82) is 0 Å². The van der Waals surface area contributed by atoms with Gasteiger partial charge < -0.3 is 4.90 Å². The number of fused-ring (bicyclic) bond motifs is 1. The molecule has 2 aromatic heterocycles. The van der Waals surface area contributed by atoms with Gasteiger partial charge in [0.15, 0.2) is 5.65 Å². The second-order valence-electron chi connectivity index (χ2n) is 6.67. The number of rotatable bonds is 5. The van der Waals surface area contributed by atoms with Gasteiger partial charge in [0.2, 0.25) is 0 Å². The van der Waals surface area contributed by atoms with E-state index in [1.165, 1.54) is 6.42 Å². The Kier molecular flexibility index (Phi) is 4.34. The average molecular weight is 302 g/mol. The van der Waals surface area contributed by atoms with Crippen LogP contribution >= 0.6 is 0 Å². The van der Waals surface area contributed by atoms with Gasteiger partial charge in [0.1, 0.15) is 0 Å². The molecule has 3 heterocycles. The Morgan fingerprint density at radius 3 is 2.95 bits per heavy atom. The minimum absolute atomic E-state index is 0.0897. The maximum absolute atomic E-state index is 12.7. The van der Waals surface area contributed by atoms with Crippen LogP contribution in [0.3, 0.4) is 0 Å². The van der Waals surface area contributed by atoms with Crippen LogP contribution in [0.15, 0.2) is 23.1 Å². The zero-order valence-electron chi connectivity index (χ0n) is 13.8. The summed E-state index contributed by atoms with van der Waals surface area (Å²) in [6.45, 7) is 10.4. The van der Waals surface area contributed by atoms with Crippen molar-refractivity contribution in [3.63, 3.8) is 0 Å². The quantitative estimate of drug-likeness (QED) is 0.852. The molecule has 2 aromatic rings. The Morgan fingerprint density at radius 2 is 2.23 bits per heavy atom. The molecule has 1 atom stereocenters. The third kappa shape index (κ3) is 2.70. The molecular weight excluding hydrogens is 276 g/mol. The van der Waals surface area contributed by atoms with Gasteiger partial charge in [0, 0.05) is 25.8 Å². The zero-order chi connectivity index (χ0) is 15.7. The van der Waals surface area contributed by atoms with E-state index in [-0.39, 0.29) is 11.7 Å². The van der Waals surface area contributed by atoms with Gasteiger partial charge in [0.25, 0.3) is 0 Å². The van der Waals surface area contributed by atoms with E-state index in [1.54, 1.807) is 6.20 Å². The Labute approximate surface area is 131 Å². The Balaban J connectivity index is 1.88. The van der Waals surface area contributed by atoms with Crippen molar-refractivity contribution in [2.24, 2.45) is 5.92 Å². The van der Waals surface area contributed by atoms with Crippen molar-refractivity contribution >= 4 is 11.2 Å². The highest BCUT2D eigenvalue weighted by atomic mass is 16.1. The number of hydrogen-bond donors (Lipinski definition) is 0. The largest absolute Gasteiger partial charge is 0.330 e. The molecule has 1 aliphatic rings. The summed E-state index contributed by atoms with van der Waals surface area (Å²) in [6.07, 6.45) is 4.04. The van der Waals surface area contributed by atoms with Crippen LogP contribution in [0.2, 0.25) is 0 Å². The summed E-state index contributed by atoms with van der Waals surface area (Å²) in [5.74, 6) is 0.727. The third-order valence-electron chi connectivity index (χ3n) is 4.67. The summed E-state index contributed by atoms with van der Waals surface area (Å²) in [5.41, 5.74) is 1.88. The predicted molar refractivity (Wildman–Crippen MR) is 89.2 cm³/mol. The SMILES string of the molecule is CCn1c(=O)n([C@@H]2CCN(CCC(C)C)C2)c2ncccc21. The number of aromatic nitrogens is 3. The standard InChI is InChI=1S/C17H26N4O/c1-4-20-15-6-5-9-18-16(15)21(17(20)22)14-8-11-19(12-14)10-7-13(2)3/h5-6,9,13-14H,4,7-8,10-12H2,1-3H3/t14-/m1/s1. The molecule has 0 unspecified atom stereocenters. The van der Waals surface area contributed by atoms with E-state index in [2.05, 4.69) is 23.7 Å². The van der Waals surface area contributed by atoms with Gasteiger partial charge in [-0.15, -0.1) is 0 Å². The second-order valence-corrected chi connectivity index (χ2v) is 6.67. The first-order chi connectivity index (χ1) is 10.6. The van der Waals surface area contributed by atoms with Crippen LogP contribution in [0, 0.1) is 5.92 Å². The number of aryl methyl sites for hydroxylation is 1. The Morgan fingerprint density at radius 1 is 1.41 bits per heavy atom.